The van der Waals surface area contributed by atoms with Gasteiger partial charge in [-0.2, -0.15) is 4.37 Å². The molecule has 0 N–H and O–H groups in total. The monoisotopic (exact) mass is 435 g/mol. The van der Waals surface area contributed by atoms with E-state index in [1.807, 2.05) is 6.08 Å². The van der Waals surface area contributed by atoms with Crippen molar-refractivity contribution >= 4 is 41.3 Å². The number of hydrogen-bond acceptors (Lipinski definition) is 5. The van der Waals surface area contributed by atoms with Gasteiger partial charge in [-0.15, -0.1) is 28.4 Å². The zero-order chi connectivity index (χ0) is 14.9. The lowest BCUT2D eigenvalue weighted by Crippen LogP contribution is -2.16. The molecule has 22 heavy (non-hydrogen) atoms. The van der Waals surface area contributed by atoms with Crippen LogP contribution in [0.5, 0.6) is 5.88 Å². The molecule has 0 spiro atoms. The van der Waals surface area contributed by atoms with Gasteiger partial charge in [0.1, 0.15) is 5.69 Å². The van der Waals surface area contributed by atoms with E-state index < -0.39 is 0 Å². The van der Waals surface area contributed by atoms with Crippen LogP contribution in [0.3, 0.4) is 0 Å². The van der Waals surface area contributed by atoms with E-state index in [0.717, 1.165) is 25.3 Å². The number of unbranched alkanes of at least 4 members (excludes halogenated alkanes) is 5. The summed E-state index contributed by atoms with van der Waals surface area (Å²) in [5, 5.41) is 0. The number of allylic oxidation sites excluding steroid dienone is 2. The van der Waals surface area contributed by atoms with Crippen molar-refractivity contribution in [3.8, 4) is 5.88 Å². The van der Waals surface area contributed by atoms with Gasteiger partial charge in [-0.05, 0) is 18.7 Å². The number of hydrogen-bond donors (Lipinski definition) is 0. The van der Waals surface area contributed by atoms with Crippen LogP contribution < -0.4 is 4.74 Å². The molecule has 1 aliphatic heterocycles. The second kappa shape index (κ2) is 11.0. The average molecular weight is 435 g/mol. The fraction of sp³-hybridized carbons (Fsp3) is 0.625. The molecule has 124 valence electrons. The molecule has 0 amide bonds. The van der Waals surface area contributed by atoms with Crippen molar-refractivity contribution in [2.45, 2.75) is 45.4 Å². The van der Waals surface area contributed by atoms with Crippen LogP contribution in [0, 0.1) is 0 Å². The van der Waals surface area contributed by atoms with Crippen LogP contribution >= 0.6 is 35.7 Å². The van der Waals surface area contributed by atoms with E-state index in [2.05, 4.69) is 39.9 Å². The summed E-state index contributed by atoms with van der Waals surface area (Å²) in [6.45, 7) is 3.84. The van der Waals surface area contributed by atoms with Crippen molar-refractivity contribution in [1.82, 2.24) is 13.6 Å². The molecule has 0 saturated heterocycles. The summed E-state index contributed by atoms with van der Waals surface area (Å²) in [5.41, 5.74) is 2.08. The quantitative estimate of drug-likeness (QED) is 0.415. The maximum absolute atomic E-state index is 5.83. The number of rotatable bonds is 9. The summed E-state index contributed by atoms with van der Waals surface area (Å²) in [6.07, 6.45) is 13.8. The Balaban J connectivity index is 0.00000242. The Morgan fingerprint density at radius 2 is 1.95 bits per heavy atom. The van der Waals surface area contributed by atoms with Gasteiger partial charge >= 0.3 is 0 Å². The third kappa shape index (κ3) is 6.24. The molecule has 0 aromatic carbocycles. The molecular formula is C16H26IN3OS. The highest BCUT2D eigenvalue weighted by atomic mass is 127. The molecule has 4 nitrogen and oxygen atoms in total. The van der Waals surface area contributed by atoms with E-state index in [1.54, 1.807) is 0 Å². The molecule has 0 atom stereocenters. The predicted molar refractivity (Wildman–Crippen MR) is 104 cm³/mol. The Kier molecular flexibility index (Phi) is 9.70. The zero-order valence-corrected chi connectivity index (χ0v) is 16.6. The Morgan fingerprint density at radius 3 is 2.73 bits per heavy atom. The van der Waals surface area contributed by atoms with E-state index in [-0.39, 0.29) is 24.0 Å². The van der Waals surface area contributed by atoms with Gasteiger partial charge in [0.2, 0.25) is 0 Å². The number of aromatic nitrogens is 2. The van der Waals surface area contributed by atoms with Crippen molar-refractivity contribution in [1.29, 1.82) is 0 Å². The number of nitrogens with zero attached hydrogens (tertiary/aromatic N) is 3. The van der Waals surface area contributed by atoms with Crippen molar-refractivity contribution in [2.24, 2.45) is 0 Å². The van der Waals surface area contributed by atoms with Crippen LogP contribution in [-0.2, 0) is 0 Å². The van der Waals surface area contributed by atoms with Crippen LogP contribution in [0.1, 0.15) is 51.1 Å². The molecule has 6 heteroatoms. The normalized spacial score (nSPS) is 13.7. The van der Waals surface area contributed by atoms with Crippen LogP contribution in [0.2, 0.25) is 0 Å². The maximum atomic E-state index is 5.83. The second-order valence-corrected chi connectivity index (χ2v) is 6.01. The first-order chi connectivity index (χ1) is 10.3. The van der Waals surface area contributed by atoms with Crippen molar-refractivity contribution in [2.75, 3.05) is 20.2 Å². The summed E-state index contributed by atoms with van der Waals surface area (Å²) in [7, 11) is 2.06. The molecule has 0 radical (unpaired) electrons. The zero-order valence-electron chi connectivity index (χ0n) is 13.5. The van der Waals surface area contributed by atoms with E-state index in [1.165, 1.54) is 49.4 Å². The van der Waals surface area contributed by atoms with E-state index >= 15 is 0 Å². The topological polar surface area (TPSA) is 38.3 Å². The standard InChI is InChI=1S/C16H25N3OS.HI/c1-3-4-5-6-7-8-12-20-16-15(17-21-18-16)14-10-9-11-19(2)13-14;/h9-11H,3-8,12-13H2,1-2H3;1H. The highest BCUT2D eigenvalue weighted by molar-refractivity contribution is 14.0. The highest BCUT2D eigenvalue weighted by Gasteiger charge is 2.16. The Labute approximate surface area is 155 Å². The fourth-order valence-corrected chi connectivity index (χ4v) is 2.89. The fourth-order valence-electron chi connectivity index (χ4n) is 2.36. The molecule has 0 saturated carbocycles. The van der Waals surface area contributed by atoms with E-state index in [9.17, 15) is 0 Å². The van der Waals surface area contributed by atoms with Crippen molar-refractivity contribution in [3.63, 3.8) is 0 Å². The SMILES string of the molecule is CCCCCCCCOc1nsnc1C1=CC=CN(C)C1.I. The molecule has 2 rings (SSSR count). The van der Waals surface area contributed by atoms with Crippen LogP contribution in [0.25, 0.3) is 5.57 Å². The van der Waals surface area contributed by atoms with Crippen LogP contribution in [-0.4, -0.2) is 33.8 Å². The predicted octanol–water partition coefficient (Wildman–Crippen LogP) is 4.74. The van der Waals surface area contributed by atoms with E-state index in [4.69, 9.17) is 4.74 Å². The van der Waals surface area contributed by atoms with Crippen molar-refractivity contribution in [3.05, 3.63) is 24.0 Å². The van der Waals surface area contributed by atoms with Gasteiger partial charge < -0.3 is 9.64 Å². The minimum absolute atomic E-state index is 0. The van der Waals surface area contributed by atoms with Crippen LogP contribution in [0.4, 0.5) is 0 Å². The largest absolute Gasteiger partial charge is 0.475 e. The Hall–Kier alpha value is -0.630. The van der Waals surface area contributed by atoms with Crippen molar-refractivity contribution < 1.29 is 4.74 Å². The van der Waals surface area contributed by atoms with Gasteiger partial charge in [0.25, 0.3) is 5.88 Å². The Bertz CT molecular complexity index is 487. The molecular weight excluding hydrogens is 409 g/mol. The first-order valence-electron chi connectivity index (χ1n) is 7.84. The minimum Gasteiger partial charge on any atom is -0.475 e. The maximum Gasteiger partial charge on any atom is 0.253 e. The lowest BCUT2D eigenvalue weighted by molar-refractivity contribution is 0.294. The lowest BCUT2D eigenvalue weighted by atomic mass is 10.1. The van der Waals surface area contributed by atoms with Gasteiger partial charge in [-0.1, -0.05) is 45.1 Å². The van der Waals surface area contributed by atoms with Gasteiger partial charge in [0.15, 0.2) is 0 Å². The first-order valence-corrected chi connectivity index (χ1v) is 8.57. The average Bonchev–Trinajstić information content (AvgIpc) is 2.95. The summed E-state index contributed by atoms with van der Waals surface area (Å²) < 4.78 is 14.5. The van der Waals surface area contributed by atoms with Crippen LogP contribution in [0.15, 0.2) is 18.4 Å². The molecule has 1 aromatic heterocycles. The highest BCUT2D eigenvalue weighted by Crippen LogP contribution is 2.26. The van der Waals surface area contributed by atoms with Gasteiger partial charge in [0, 0.05) is 19.2 Å². The summed E-state index contributed by atoms with van der Waals surface area (Å²) >= 11 is 1.23. The number of halogens is 1. The molecule has 1 aliphatic rings. The summed E-state index contributed by atoms with van der Waals surface area (Å²) in [5.74, 6) is 0.698. The molecule has 2 heterocycles. The number of likely N-dealkylation sites (N-methyl/N-ethyl adjacent to an activating group) is 1. The van der Waals surface area contributed by atoms with E-state index in [0.29, 0.717) is 5.88 Å². The first kappa shape index (κ1) is 19.4. The molecule has 0 unspecified atom stereocenters. The second-order valence-electron chi connectivity index (χ2n) is 5.48. The number of ether oxygens (including phenoxy) is 1. The molecule has 1 aromatic rings. The van der Waals surface area contributed by atoms with Gasteiger partial charge in [-0.3, -0.25) is 0 Å². The minimum atomic E-state index is 0. The molecule has 0 fully saturated rings. The third-order valence-electron chi connectivity index (χ3n) is 3.56. The molecule has 0 aliphatic carbocycles. The molecule has 0 bridgehead atoms. The summed E-state index contributed by atoms with van der Waals surface area (Å²) in [6, 6.07) is 0. The summed E-state index contributed by atoms with van der Waals surface area (Å²) in [4.78, 5) is 2.13. The van der Waals surface area contributed by atoms with Gasteiger partial charge in [0.05, 0.1) is 18.3 Å². The van der Waals surface area contributed by atoms with Gasteiger partial charge in [-0.25, -0.2) is 0 Å². The Morgan fingerprint density at radius 1 is 1.18 bits per heavy atom. The third-order valence-corrected chi connectivity index (χ3v) is 4.07. The smallest absolute Gasteiger partial charge is 0.253 e. The lowest BCUT2D eigenvalue weighted by Gasteiger charge is -2.18.